The molecule has 168 valence electrons. The average Bonchev–Trinajstić information content (AvgIpc) is 3.12. The number of nitrogens with zero attached hydrogens (tertiary/aromatic N) is 2. The number of thioether (sulfide) groups is 1. The molecule has 1 heterocycles. The summed E-state index contributed by atoms with van der Waals surface area (Å²) in [4.78, 5) is 24.6. The maximum atomic E-state index is 12.3. The number of halogens is 1. The van der Waals surface area contributed by atoms with Crippen molar-refractivity contribution in [3.63, 3.8) is 0 Å². The van der Waals surface area contributed by atoms with Crippen molar-refractivity contribution >= 4 is 51.7 Å². The van der Waals surface area contributed by atoms with Gasteiger partial charge in [-0.15, -0.1) is 5.10 Å². The highest BCUT2D eigenvalue weighted by atomic mass is 35.5. The van der Waals surface area contributed by atoms with E-state index in [1.807, 2.05) is 19.1 Å². The van der Waals surface area contributed by atoms with Gasteiger partial charge in [0.15, 0.2) is 16.7 Å². The van der Waals surface area contributed by atoms with Gasteiger partial charge >= 0.3 is 0 Å². The summed E-state index contributed by atoms with van der Waals surface area (Å²) >= 11 is 7.25. The third-order valence-electron chi connectivity index (χ3n) is 4.69. The molecule has 0 bridgehead atoms. The van der Waals surface area contributed by atoms with Crippen LogP contribution in [0, 0.1) is 6.92 Å². The molecule has 2 N–H and O–H groups in total. The fourth-order valence-electron chi connectivity index (χ4n) is 2.88. The minimum Gasteiger partial charge on any atom is -0.493 e. The van der Waals surface area contributed by atoms with Crippen molar-refractivity contribution in [2.45, 2.75) is 25.5 Å². The van der Waals surface area contributed by atoms with Crippen LogP contribution >= 0.6 is 23.4 Å². The highest BCUT2D eigenvalue weighted by Gasteiger charge is 2.32. The van der Waals surface area contributed by atoms with Crippen molar-refractivity contribution in [1.82, 2.24) is 5.32 Å². The monoisotopic (exact) mass is 474 g/mol. The molecule has 0 unspecified atom stereocenters. The molecule has 3 rings (SSSR count). The normalized spacial score (nSPS) is 17.3. The molecule has 1 aliphatic heterocycles. The summed E-state index contributed by atoms with van der Waals surface area (Å²) in [6.45, 7) is 3.67. The smallest absolute Gasteiger partial charge is 0.240 e. The first-order valence-corrected chi connectivity index (χ1v) is 10.9. The number of hydrogen-bond acceptors (Lipinski definition) is 7. The van der Waals surface area contributed by atoms with E-state index in [-0.39, 0.29) is 18.2 Å². The molecule has 0 saturated carbocycles. The van der Waals surface area contributed by atoms with Crippen molar-refractivity contribution in [3.05, 3.63) is 52.5 Å². The van der Waals surface area contributed by atoms with E-state index in [1.165, 1.54) is 0 Å². The number of anilines is 1. The summed E-state index contributed by atoms with van der Waals surface area (Å²) < 4.78 is 10.5. The molecule has 10 heteroatoms. The molecule has 1 aliphatic rings. The maximum Gasteiger partial charge on any atom is 0.240 e. The number of ether oxygens (including phenoxy) is 2. The largest absolute Gasteiger partial charge is 0.493 e. The first-order chi connectivity index (χ1) is 15.3. The lowest BCUT2D eigenvalue weighted by molar-refractivity contribution is -0.122. The van der Waals surface area contributed by atoms with Crippen LogP contribution in [0.5, 0.6) is 11.5 Å². The van der Waals surface area contributed by atoms with E-state index < -0.39 is 5.25 Å². The third-order valence-corrected chi connectivity index (χ3v) is 6.17. The first-order valence-electron chi connectivity index (χ1n) is 9.69. The summed E-state index contributed by atoms with van der Waals surface area (Å²) in [5.41, 5.74) is 2.93. The van der Waals surface area contributed by atoms with Gasteiger partial charge in [-0.3, -0.25) is 9.59 Å². The Morgan fingerprint density at radius 2 is 1.94 bits per heavy atom. The maximum absolute atomic E-state index is 12.3. The van der Waals surface area contributed by atoms with Crippen LogP contribution in [0.1, 0.15) is 24.5 Å². The van der Waals surface area contributed by atoms with Crippen LogP contribution in [-0.2, 0) is 9.59 Å². The van der Waals surface area contributed by atoms with Gasteiger partial charge in [0.2, 0.25) is 11.8 Å². The predicted molar refractivity (Wildman–Crippen MR) is 128 cm³/mol. The Kier molecular flexibility index (Phi) is 7.76. The number of amides is 2. The zero-order valence-corrected chi connectivity index (χ0v) is 19.6. The number of amidine groups is 1. The Bertz CT molecular complexity index is 1100. The molecule has 2 amide bonds. The lowest BCUT2D eigenvalue weighted by atomic mass is 10.1. The second kappa shape index (κ2) is 10.5. The minimum absolute atomic E-state index is 0.000605. The Morgan fingerprint density at radius 3 is 2.62 bits per heavy atom. The van der Waals surface area contributed by atoms with Gasteiger partial charge in [0, 0.05) is 22.7 Å². The molecular weight excluding hydrogens is 452 g/mol. The molecule has 0 aromatic heterocycles. The SMILES string of the molecule is COc1ccc(C(C)=NN=C2NC(=O)[C@@H](CC(=O)Nc3ccc(C)c(Cl)c3)S2)cc1OC. The van der Waals surface area contributed by atoms with Gasteiger partial charge in [0.1, 0.15) is 5.25 Å². The van der Waals surface area contributed by atoms with Crippen molar-refractivity contribution in [2.24, 2.45) is 10.2 Å². The highest BCUT2D eigenvalue weighted by Crippen LogP contribution is 2.28. The number of hydrogen-bond donors (Lipinski definition) is 2. The fourth-order valence-corrected chi connectivity index (χ4v) is 3.98. The Morgan fingerprint density at radius 1 is 1.19 bits per heavy atom. The van der Waals surface area contributed by atoms with Crippen molar-refractivity contribution in [2.75, 3.05) is 19.5 Å². The first kappa shape index (κ1) is 23.6. The quantitative estimate of drug-likeness (QED) is 0.466. The van der Waals surface area contributed by atoms with Crippen LogP contribution in [0.25, 0.3) is 0 Å². The van der Waals surface area contributed by atoms with E-state index in [1.54, 1.807) is 45.4 Å². The molecule has 1 fully saturated rings. The number of aryl methyl sites for hydroxylation is 1. The standard InChI is InChI=1S/C22H23ClN4O4S/c1-12-5-7-15(10-16(12)23)24-20(28)11-19-21(29)25-22(32-19)27-26-13(2)14-6-8-17(30-3)18(9-14)31-4/h5-10,19H,11H2,1-4H3,(H,24,28)(H,25,27,29)/t19-/m1/s1. The van der Waals surface area contributed by atoms with Crippen LogP contribution in [0.2, 0.25) is 5.02 Å². The minimum atomic E-state index is -0.591. The summed E-state index contributed by atoms with van der Waals surface area (Å²) in [5, 5.41) is 14.1. The highest BCUT2D eigenvalue weighted by molar-refractivity contribution is 8.15. The zero-order valence-electron chi connectivity index (χ0n) is 18.1. The van der Waals surface area contributed by atoms with E-state index in [0.29, 0.717) is 33.1 Å². The molecule has 2 aromatic carbocycles. The molecule has 8 nitrogen and oxygen atoms in total. The Hall–Kier alpha value is -3.04. The van der Waals surface area contributed by atoms with Crippen LogP contribution in [0.15, 0.2) is 46.6 Å². The summed E-state index contributed by atoms with van der Waals surface area (Å²) in [5.74, 6) is 0.619. The van der Waals surface area contributed by atoms with Gasteiger partial charge in [-0.25, -0.2) is 0 Å². The zero-order chi connectivity index (χ0) is 23.3. The lowest BCUT2D eigenvalue weighted by Crippen LogP contribution is -2.28. The molecule has 0 radical (unpaired) electrons. The number of rotatable bonds is 7. The molecule has 2 aromatic rings. The van der Waals surface area contributed by atoms with Gasteiger partial charge in [0.25, 0.3) is 0 Å². The van der Waals surface area contributed by atoms with E-state index in [0.717, 1.165) is 22.9 Å². The van der Waals surface area contributed by atoms with E-state index >= 15 is 0 Å². The number of nitrogens with one attached hydrogen (secondary N) is 2. The third kappa shape index (κ3) is 5.80. The molecule has 0 spiro atoms. The van der Waals surface area contributed by atoms with E-state index in [2.05, 4.69) is 20.8 Å². The second-order valence-corrected chi connectivity index (χ2v) is 8.57. The van der Waals surface area contributed by atoms with Crippen molar-refractivity contribution in [3.8, 4) is 11.5 Å². The van der Waals surface area contributed by atoms with Crippen LogP contribution in [-0.4, -0.2) is 42.2 Å². The lowest BCUT2D eigenvalue weighted by Gasteiger charge is -2.09. The van der Waals surface area contributed by atoms with Crippen LogP contribution in [0.4, 0.5) is 5.69 Å². The van der Waals surface area contributed by atoms with Crippen LogP contribution in [0.3, 0.4) is 0 Å². The van der Waals surface area contributed by atoms with Crippen molar-refractivity contribution < 1.29 is 19.1 Å². The number of carbonyl (C=O) groups is 2. The number of carbonyl (C=O) groups excluding carboxylic acids is 2. The van der Waals surface area contributed by atoms with E-state index in [9.17, 15) is 9.59 Å². The fraction of sp³-hybridized carbons (Fsp3) is 0.273. The van der Waals surface area contributed by atoms with E-state index in [4.69, 9.17) is 21.1 Å². The molecule has 0 aliphatic carbocycles. The average molecular weight is 475 g/mol. The Labute approximate surface area is 195 Å². The van der Waals surface area contributed by atoms with Gasteiger partial charge in [-0.05, 0) is 49.7 Å². The Balaban J connectivity index is 1.63. The van der Waals surface area contributed by atoms with Crippen LogP contribution < -0.4 is 20.1 Å². The molecule has 1 saturated heterocycles. The van der Waals surface area contributed by atoms with Crippen molar-refractivity contribution in [1.29, 1.82) is 0 Å². The van der Waals surface area contributed by atoms with Gasteiger partial charge < -0.3 is 20.1 Å². The van der Waals surface area contributed by atoms with Gasteiger partial charge in [-0.1, -0.05) is 29.4 Å². The summed E-state index contributed by atoms with van der Waals surface area (Å²) in [6.07, 6.45) is -0.000605. The number of methoxy groups -OCH3 is 2. The predicted octanol–water partition coefficient (Wildman–Crippen LogP) is 4.01. The second-order valence-electron chi connectivity index (χ2n) is 6.97. The number of benzene rings is 2. The van der Waals surface area contributed by atoms with Gasteiger partial charge in [-0.2, -0.15) is 5.10 Å². The van der Waals surface area contributed by atoms with Gasteiger partial charge in [0.05, 0.1) is 19.9 Å². The molecule has 32 heavy (non-hydrogen) atoms. The topological polar surface area (TPSA) is 101 Å². The summed E-state index contributed by atoms with van der Waals surface area (Å²) in [6, 6.07) is 10.7. The summed E-state index contributed by atoms with van der Waals surface area (Å²) in [7, 11) is 3.12. The molecule has 1 atom stereocenters. The molecular formula is C22H23ClN4O4S.